The predicted octanol–water partition coefficient (Wildman–Crippen LogP) is 2.44. The van der Waals surface area contributed by atoms with Crippen LogP contribution in [-0.4, -0.2) is 33.4 Å². The highest BCUT2D eigenvalue weighted by atomic mass is 16.2. The molecule has 4 heteroatoms. The molecule has 0 aliphatic carbocycles. The van der Waals surface area contributed by atoms with Crippen molar-refractivity contribution in [2.45, 2.75) is 19.4 Å². The molecule has 1 amide bonds. The van der Waals surface area contributed by atoms with Crippen LogP contribution >= 0.6 is 0 Å². The van der Waals surface area contributed by atoms with E-state index in [1.807, 2.05) is 54.0 Å². The maximum Gasteiger partial charge on any atom is 0.253 e. The average molecular weight is 269 g/mol. The molecule has 20 heavy (non-hydrogen) atoms. The fourth-order valence-corrected chi connectivity index (χ4v) is 2.77. The number of carbonyl (C=O) groups is 1. The van der Waals surface area contributed by atoms with E-state index in [1.165, 1.54) is 0 Å². The van der Waals surface area contributed by atoms with Crippen molar-refractivity contribution in [1.82, 2.24) is 14.5 Å². The summed E-state index contributed by atoms with van der Waals surface area (Å²) in [5.41, 5.74) is 0.792. The molecule has 0 bridgehead atoms. The molecule has 104 valence electrons. The van der Waals surface area contributed by atoms with Crippen molar-refractivity contribution in [2.24, 2.45) is 5.92 Å². The maximum atomic E-state index is 12.3. The van der Waals surface area contributed by atoms with Crippen molar-refractivity contribution < 1.29 is 4.79 Å². The first kappa shape index (κ1) is 12.9. The zero-order chi connectivity index (χ0) is 13.8. The molecule has 0 N–H and O–H groups in total. The summed E-state index contributed by atoms with van der Waals surface area (Å²) in [4.78, 5) is 18.4. The Morgan fingerprint density at radius 1 is 1.20 bits per heavy atom. The van der Waals surface area contributed by atoms with Crippen LogP contribution in [-0.2, 0) is 6.54 Å². The van der Waals surface area contributed by atoms with Gasteiger partial charge in [-0.3, -0.25) is 4.79 Å². The molecule has 3 rings (SSSR count). The van der Waals surface area contributed by atoms with Gasteiger partial charge in [0.2, 0.25) is 0 Å². The first-order valence-electron chi connectivity index (χ1n) is 7.13. The highest BCUT2D eigenvalue weighted by molar-refractivity contribution is 5.94. The van der Waals surface area contributed by atoms with E-state index >= 15 is 0 Å². The van der Waals surface area contributed by atoms with Crippen LogP contribution in [0.3, 0.4) is 0 Å². The van der Waals surface area contributed by atoms with Crippen molar-refractivity contribution in [2.75, 3.05) is 13.1 Å². The molecule has 1 saturated heterocycles. The number of benzene rings is 1. The third kappa shape index (κ3) is 2.90. The molecule has 0 saturated carbocycles. The molecule has 0 spiro atoms. The summed E-state index contributed by atoms with van der Waals surface area (Å²) in [6, 6.07) is 9.55. The number of amides is 1. The number of rotatable bonds is 3. The van der Waals surface area contributed by atoms with Gasteiger partial charge in [0.1, 0.15) is 0 Å². The minimum absolute atomic E-state index is 0.159. The summed E-state index contributed by atoms with van der Waals surface area (Å²) in [5, 5.41) is 0. The van der Waals surface area contributed by atoms with Crippen LogP contribution in [0.4, 0.5) is 0 Å². The molecular formula is C16H19N3O. The second-order valence-corrected chi connectivity index (χ2v) is 5.36. The van der Waals surface area contributed by atoms with E-state index in [1.54, 1.807) is 0 Å². The maximum absolute atomic E-state index is 12.3. The lowest BCUT2D eigenvalue weighted by Gasteiger charge is -2.32. The van der Waals surface area contributed by atoms with Gasteiger partial charge < -0.3 is 9.47 Å². The Bertz CT molecular complexity index is 542. The zero-order valence-electron chi connectivity index (χ0n) is 11.5. The summed E-state index contributed by atoms with van der Waals surface area (Å²) in [6.45, 7) is 2.72. The molecule has 2 aromatic rings. The fourth-order valence-electron chi connectivity index (χ4n) is 2.77. The monoisotopic (exact) mass is 269 g/mol. The molecule has 2 heterocycles. The van der Waals surface area contributed by atoms with Crippen LogP contribution in [0, 0.1) is 5.92 Å². The number of likely N-dealkylation sites (tertiary alicyclic amines) is 1. The van der Waals surface area contributed by atoms with Gasteiger partial charge in [-0.2, -0.15) is 0 Å². The molecule has 1 aromatic carbocycles. The summed E-state index contributed by atoms with van der Waals surface area (Å²) < 4.78 is 2.12. The molecular weight excluding hydrogens is 250 g/mol. The van der Waals surface area contributed by atoms with Gasteiger partial charge in [0.05, 0.1) is 6.33 Å². The normalized spacial score (nSPS) is 16.3. The Morgan fingerprint density at radius 2 is 1.95 bits per heavy atom. The number of hydrogen-bond donors (Lipinski definition) is 0. The quantitative estimate of drug-likeness (QED) is 0.858. The SMILES string of the molecule is O=C(c1ccccc1)N1CCC(Cn2ccnc2)CC1. The van der Waals surface area contributed by atoms with Gasteiger partial charge in [-0.15, -0.1) is 0 Å². The molecule has 0 radical (unpaired) electrons. The van der Waals surface area contributed by atoms with E-state index in [0.717, 1.165) is 38.0 Å². The summed E-state index contributed by atoms with van der Waals surface area (Å²) in [7, 11) is 0. The fraction of sp³-hybridized carbons (Fsp3) is 0.375. The minimum atomic E-state index is 0.159. The summed E-state index contributed by atoms with van der Waals surface area (Å²) in [5.74, 6) is 0.802. The van der Waals surface area contributed by atoms with Gasteiger partial charge in [0.25, 0.3) is 5.91 Å². The Labute approximate surface area is 119 Å². The highest BCUT2D eigenvalue weighted by Crippen LogP contribution is 2.20. The van der Waals surface area contributed by atoms with Gasteiger partial charge in [-0.05, 0) is 30.9 Å². The number of hydrogen-bond acceptors (Lipinski definition) is 2. The van der Waals surface area contributed by atoms with Gasteiger partial charge in [-0.1, -0.05) is 18.2 Å². The van der Waals surface area contributed by atoms with Crippen LogP contribution in [0.2, 0.25) is 0 Å². The summed E-state index contributed by atoms with van der Waals surface area (Å²) in [6.07, 6.45) is 7.81. The molecule has 1 aliphatic rings. The molecule has 4 nitrogen and oxygen atoms in total. The highest BCUT2D eigenvalue weighted by Gasteiger charge is 2.23. The van der Waals surface area contributed by atoms with Crippen LogP contribution in [0.15, 0.2) is 49.1 Å². The van der Waals surface area contributed by atoms with Gasteiger partial charge in [-0.25, -0.2) is 4.98 Å². The standard InChI is InChI=1S/C16H19N3O/c20-16(15-4-2-1-3-5-15)19-9-6-14(7-10-19)12-18-11-8-17-13-18/h1-5,8,11,13-14H,6-7,9-10,12H2. The van der Waals surface area contributed by atoms with Crippen molar-refractivity contribution in [3.05, 3.63) is 54.6 Å². The lowest BCUT2D eigenvalue weighted by Crippen LogP contribution is -2.39. The van der Waals surface area contributed by atoms with E-state index in [0.29, 0.717) is 5.92 Å². The average Bonchev–Trinajstić information content (AvgIpc) is 3.01. The lowest BCUT2D eigenvalue weighted by molar-refractivity contribution is 0.0683. The van der Waals surface area contributed by atoms with Crippen LogP contribution in [0.5, 0.6) is 0 Å². The predicted molar refractivity (Wildman–Crippen MR) is 77.3 cm³/mol. The van der Waals surface area contributed by atoms with Crippen LogP contribution < -0.4 is 0 Å². The van der Waals surface area contributed by atoms with Crippen molar-refractivity contribution >= 4 is 5.91 Å². The molecule has 0 atom stereocenters. The second-order valence-electron chi connectivity index (χ2n) is 5.36. The number of nitrogens with zero attached hydrogens (tertiary/aromatic N) is 3. The first-order valence-corrected chi connectivity index (χ1v) is 7.13. The number of piperidine rings is 1. The summed E-state index contributed by atoms with van der Waals surface area (Å²) >= 11 is 0. The Morgan fingerprint density at radius 3 is 2.60 bits per heavy atom. The third-order valence-electron chi connectivity index (χ3n) is 3.95. The van der Waals surface area contributed by atoms with E-state index in [4.69, 9.17) is 0 Å². The minimum Gasteiger partial charge on any atom is -0.339 e. The molecule has 0 unspecified atom stereocenters. The second kappa shape index (κ2) is 5.90. The van der Waals surface area contributed by atoms with Crippen molar-refractivity contribution in [1.29, 1.82) is 0 Å². The van der Waals surface area contributed by atoms with Gasteiger partial charge in [0, 0.05) is 37.6 Å². The van der Waals surface area contributed by atoms with Gasteiger partial charge in [0.15, 0.2) is 0 Å². The number of imidazole rings is 1. The van der Waals surface area contributed by atoms with Crippen molar-refractivity contribution in [3.8, 4) is 0 Å². The number of carbonyl (C=O) groups excluding carboxylic acids is 1. The van der Waals surface area contributed by atoms with E-state index in [9.17, 15) is 4.79 Å². The Kier molecular flexibility index (Phi) is 3.81. The van der Waals surface area contributed by atoms with Crippen LogP contribution in [0.1, 0.15) is 23.2 Å². The molecule has 1 fully saturated rings. The number of aromatic nitrogens is 2. The smallest absolute Gasteiger partial charge is 0.253 e. The topological polar surface area (TPSA) is 38.1 Å². The molecule has 1 aromatic heterocycles. The molecule has 1 aliphatic heterocycles. The zero-order valence-corrected chi connectivity index (χ0v) is 11.5. The third-order valence-corrected chi connectivity index (χ3v) is 3.95. The lowest BCUT2D eigenvalue weighted by atomic mass is 9.96. The van der Waals surface area contributed by atoms with E-state index in [2.05, 4.69) is 9.55 Å². The van der Waals surface area contributed by atoms with Crippen molar-refractivity contribution in [3.63, 3.8) is 0 Å². The largest absolute Gasteiger partial charge is 0.339 e. The first-order chi connectivity index (χ1) is 9.83. The van der Waals surface area contributed by atoms with Crippen LogP contribution in [0.25, 0.3) is 0 Å². The van der Waals surface area contributed by atoms with E-state index in [-0.39, 0.29) is 5.91 Å². The van der Waals surface area contributed by atoms with Gasteiger partial charge >= 0.3 is 0 Å². The Hall–Kier alpha value is -2.10. The Balaban J connectivity index is 1.55. The van der Waals surface area contributed by atoms with E-state index < -0.39 is 0 Å².